The van der Waals surface area contributed by atoms with E-state index in [0.29, 0.717) is 109 Å². The average Bonchev–Trinajstić information content (AvgIpc) is 0.675. The maximum absolute atomic E-state index is 6.84. The molecule has 0 bridgehead atoms. The minimum atomic E-state index is 0.0471. The predicted molar refractivity (Wildman–Crippen MR) is 641 cm³/mol. The van der Waals surface area contributed by atoms with Crippen molar-refractivity contribution >= 4 is 331 Å². The molecule has 0 aliphatic carbocycles. The first-order chi connectivity index (χ1) is 61.3. The van der Waals surface area contributed by atoms with E-state index in [1.54, 1.807) is 44.1 Å². The summed E-state index contributed by atoms with van der Waals surface area (Å²) >= 11 is 0. The number of benzene rings is 8. The van der Waals surface area contributed by atoms with Crippen molar-refractivity contribution in [3.05, 3.63) is 94.6 Å². The summed E-state index contributed by atoms with van der Waals surface area (Å²) in [7, 11) is 48.5. The summed E-state index contributed by atoms with van der Waals surface area (Å²) in [5.41, 5.74) is 27.4. The number of rotatable bonds is 17. The highest BCUT2D eigenvalue weighted by Crippen LogP contribution is 2.54. The lowest BCUT2D eigenvalue weighted by molar-refractivity contribution is 1.24. The molecule has 8 aromatic rings. The fourth-order valence-electron chi connectivity index (χ4n) is 19.7. The minimum Gasteiger partial charge on any atom is -0.115 e. The van der Waals surface area contributed by atoms with Gasteiger partial charge in [-0.15, -0.1) is 42.5 Å². The number of terminal acetylenes is 4. The topological polar surface area (TPSA) is 0 Å². The molecule has 0 aromatic heterocycles. The second kappa shape index (κ2) is 46.3. The number of fused-ring (bicyclic) bond motifs is 6. The fourth-order valence-corrected chi connectivity index (χ4v) is 19.7. The number of hydrogen-bond acceptors (Lipinski definition) is 0. The van der Waals surface area contributed by atoms with Gasteiger partial charge in [0.25, 0.3) is 0 Å². The molecular formula is C95H83B33. The third kappa shape index (κ3) is 20.1. The highest BCUT2D eigenvalue weighted by atomic mass is 14.4. The van der Waals surface area contributed by atoms with Crippen LogP contribution in [0.5, 0.6) is 0 Å². The smallest absolute Gasteiger partial charge is 0.115 e. The molecule has 33 heteroatoms. The maximum atomic E-state index is 6.84. The van der Waals surface area contributed by atoms with E-state index in [1.165, 1.54) is 54.9 Å². The van der Waals surface area contributed by atoms with Crippen LogP contribution in [0.25, 0.3) is 76.1 Å². The van der Waals surface area contributed by atoms with Gasteiger partial charge < -0.3 is 0 Å². The Labute approximate surface area is 793 Å². The summed E-state index contributed by atoms with van der Waals surface area (Å²) < 4.78 is 0. The van der Waals surface area contributed by atoms with Crippen molar-refractivity contribution in [1.82, 2.24) is 0 Å². The summed E-state index contributed by atoms with van der Waals surface area (Å²) in [6.45, 7) is 28.4. The summed E-state index contributed by atoms with van der Waals surface area (Å²) in [5.74, 6) is 122. The molecule has 0 atom stereocenters. The predicted octanol–water partition coefficient (Wildman–Crippen LogP) is -14.0. The van der Waals surface area contributed by atoms with Gasteiger partial charge in [-0.1, -0.05) is 92.4 Å². The minimum absolute atomic E-state index is 0.0471. The fraction of sp³-hybridized carbons (Fsp3) is 0.137. The second-order valence-electron chi connectivity index (χ2n) is 34.7. The van der Waals surface area contributed by atoms with Gasteiger partial charge in [0.15, 0.2) is 0 Å². The lowest BCUT2D eigenvalue weighted by Crippen LogP contribution is -2.80. The Morgan fingerprint density at radius 3 is 1.02 bits per heavy atom. The molecule has 0 unspecified atom stereocenters. The van der Waals surface area contributed by atoms with E-state index in [-0.39, 0.29) is 38.9 Å². The Morgan fingerprint density at radius 1 is 0.258 bits per heavy atom. The van der Waals surface area contributed by atoms with Crippen LogP contribution in [0.1, 0.15) is 122 Å². The van der Waals surface area contributed by atoms with Crippen LogP contribution in [-0.2, 0) is 0 Å². The molecule has 0 N–H and O–H groups in total. The molecule has 0 spiro atoms. The van der Waals surface area contributed by atoms with Crippen molar-refractivity contribution in [3.8, 4) is 285 Å². The summed E-state index contributed by atoms with van der Waals surface area (Å²) in [5, 5.41) is 9.21. The first-order valence-electron chi connectivity index (χ1n) is 44.8. The van der Waals surface area contributed by atoms with E-state index in [1.807, 2.05) is 6.92 Å². The van der Waals surface area contributed by atoms with Crippen molar-refractivity contribution in [1.29, 1.82) is 0 Å². The largest absolute Gasteiger partial charge is 0.139 e. The monoisotopic (exact) mass is 1590 g/mol. The van der Waals surface area contributed by atoms with Gasteiger partial charge >= 0.3 is 0 Å². The third-order valence-electron chi connectivity index (χ3n) is 26.4. The average molecular weight is 1580 g/mol. The molecule has 0 aliphatic rings. The maximum Gasteiger partial charge on any atom is 0.139 e. The van der Waals surface area contributed by atoms with E-state index in [9.17, 15) is 0 Å². The Balaban J connectivity index is 2.11. The molecule has 0 nitrogen and oxygen atoms in total. The van der Waals surface area contributed by atoms with Crippen LogP contribution in [0, 0.1) is 325 Å². The van der Waals surface area contributed by atoms with Gasteiger partial charge in [-0.3, -0.25) is 0 Å². The molecule has 0 saturated carbocycles. The molecule has 0 radical (unpaired) electrons. The number of hydrogen-bond donors (Lipinski definition) is 0. The van der Waals surface area contributed by atoms with Gasteiger partial charge in [0.05, 0.1) is 212 Å². The zero-order valence-corrected chi connectivity index (χ0v) is 81.5. The van der Waals surface area contributed by atoms with E-state index >= 15 is 0 Å². The zero-order chi connectivity index (χ0) is 94.4. The van der Waals surface area contributed by atoms with E-state index in [4.69, 9.17) is 25.7 Å². The Hall–Kier alpha value is -12.5. The molecular weight excluding hydrogens is 1500 g/mol. The van der Waals surface area contributed by atoms with Crippen LogP contribution >= 0.6 is 0 Å². The molecule has 0 aliphatic heterocycles. The van der Waals surface area contributed by atoms with E-state index in [0.717, 1.165) is 88.8 Å². The zero-order valence-electron chi connectivity index (χ0n) is 81.5. The van der Waals surface area contributed by atoms with Gasteiger partial charge in [-0.05, 0) is 349 Å². The standard InChI is InChI=1S/C95H83B33/c1-18-26-32-36-39-41-45-48-53-70-71(54-50-44-40-37-33-27-19-2)80-72(55-49-43-38-34-28-20-3)73(56-47-42-35-29-21-4)81(74(57-46-30-22-5)83(80)82-69(52-31-23-6)68(51-24-7)67(25-8)66(17)75(70)82)84-76-62(13)58(9)60(11)64(15)78(76)85(79-65(16)61(12)59(10)63(14)77(79)84)87-90(114-97)89(96)86-88(91(87)118(101)115-98)92(119(102)123(103)104)94(120(116-99)124(105)106)95(121(125(107)108)126(109)110)93(86)122(127(111)112)128(113)117-100/h1,3,6,8,114-117H,96-113H2,2,4-5,7,9-17H3. The van der Waals surface area contributed by atoms with Crippen molar-refractivity contribution in [2.45, 2.75) is 90.0 Å². The molecule has 128 heavy (non-hydrogen) atoms. The molecule has 0 saturated heterocycles. The normalized spacial score (nSPS) is 9.01. The molecule has 0 fully saturated rings. The van der Waals surface area contributed by atoms with Gasteiger partial charge in [0.2, 0.25) is 0 Å². The molecule has 8 aromatic carbocycles. The van der Waals surface area contributed by atoms with Crippen molar-refractivity contribution in [3.63, 3.8) is 0 Å². The van der Waals surface area contributed by atoms with E-state index < -0.39 is 0 Å². The van der Waals surface area contributed by atoms with Crippen LogP contribution in [0.3, 0.4) is 0 Å². The molecule has 8 rings (SSSR count). The Bertz CT molecular complexity index is 7540. The van der Waals surface area contributed by atoms with Gasteiger partial charge in [0.1, 0.15) is 15.0 Å². The number of aryl methyl sites for hydroxylation is 5. The highest BCUT2D eigenvalue weighted by molar-refractivity contribution is 7.89. The van der Waals surface area contributed by atoms with Gasteiger partial charge in [-0.25, -0.2) is 0 Å². The van der Waals surface area contributed by atoms with Crippen LogP contribution in [-0.4, -0.2) is 239 Å². The lowest BCUT2D eigenvalue weighted by atomic mass is 8.66. The molecule has 0 heterocycles. The summed E-state index contributed by atoms with van der Waals surface area (Å²) in [6.07, 6.45) is 26.4. The van der Waals surface area contributed by atoms with E-state index in [2.05, 4.69) is 432 Å². The second-order valence-corrected chi connectivity index (χ2v) is 34.7. The van der Waals surface area contributed by atoms with Crippen molar-refractivity contribution in [2.24, 2.45) is 0 Å². The summed E-state index contributed by atoms with van der Waals surface area (Å²) in [6, 6.07) is 0. The summed E-state index contributed by atoms with van der Waals surface area (Å²) in [4.78, 5) is 0. The lowest BCUT2D eigenvalue weighted by Gasteiger charge is -2.42. The first-order valence-corrected chi connectivity index (χ1v) is 44.8. The van der Waals surface area contributed by atoms with Crippen LogP contribution < -0.4 is 38.2 Å². The third-order valence-corrected chi connectivity index (χ3v) is 26.4. The van der Waals surface area contributed by atoms with Crippen molar-refractivity contribution in [2.75, 3.05) is 0 Å². The van der Waals surface area contributed by atoms with Crippen LogP contribution in [0.4, 0.5) is 0 Å². The Kier molecular flexibility index (Phi) is 36.5. The SMILES string of the molecule is BBB(B)B(B(B)B)c1c(B(B(B)B)B(B)B)c(B(BB)B(B)B)c(B(B)B(B)B)c2c(B(B)BB)c(-c3c4c(C)c(C)c(C)c(C)c4c(-c4c(C#CC#CC#CC)c(C#CC#CC#CC#C)c5c(C#CC#CC#CC#CC)c(C#CC#CC#CC#CC#C)c6c(C)c(C#C)c(C#CC)c(C#CC#C)c6c5c4C#CC#CC)c4c(C)c(C)c(C)c(C)c34)c(BB)c(B)c12. The van der Waals surface area contributed by atoms with Gasteiger partial charge in [-0.2, -0.15) is 0 Å². The quantitative estimate of drug-likeness (QED) is 0.0369. The van der Waals surface area contributed by atoms with Crippen LogP contribution in [0.2, 0.25) is 0 Å². The highest BCUT2D eigenvalue weighted by Gasteiger charge is 2.44. The first kappa shape index (κ1) is 101. The van der Waals surface area contributed by atoms with Gasteiger partial charge in [0, 0.05) is 89.2 Å². The molecule has 562 valence electrons. The molecule has 0 amide bonds. The Morgan fingerprint density at radius 2 is 0.633 bits per heavy atom. The van der Waals surface area contributed by atoms with Crippen LogP contribution in [0.15, 0.2) is 0 Å². The van der Waals surface area contributed by atoms with Crippen molar-refractivity contribution < 1.29 is 0 Å².